The Morgan fingerprint density at radius 2 is 1.78 bits per heavy atom. The van der Waals surface area contributed by atoms with Crippen molar-refractivity contribution in [1.29, 1.82) is 0 Å². The average molecular weight is 372 g/mol. The number of halogens is 1. The van der Waals surface area contributed by atoms with Gasteiger partial charge in [-0.15, -0.1) is 0 Å². The van der Waals surface area contributed by atoms with Crippen LogP contribution < -0.4 is 10.1 Å². The Hall–Kier alpha value is -2.89. The lowest BCUT2D eigenvalue weighted by Gasteiger charge is -2.21. The maximum Gasteiger partial charge on any atom is 0.224 e. The molecule has 2 rings (SSSR count). The molecule has 27 heavy (non-hydrogen) atoms. The van der Waals surface area contributed by atoms with Gasteiger partial charge >= 0.3 is 0 Å². The summed E-state index contributed by atoms with van der Waals surface area (Å²) < 4.78 is 18.7. The number of hydrogen-bond acceptors (Lipinski definition) is 3. The van der Waals surface area contributed by atoms with E-state index < -0.39 is 5.82 Å². The Kier molecular flexibility index (Phi) is 7.79. The minimum atomic E-state index is -0.391. The molecule has 0 aliphatic rings. The third-order valence-corrected chi connectivity index (χ3v) is 4.29. The molecular formula is C21H25FN2O3. The van der Waals surface area contributed by atoms with E-state index in [0.717, 1.165) is 11.3 Å². The molecule has 0 atom stereocenters. The fourth-order valence-electron chi connectivity index (χ4n) is 2.69. The van der Waals surface area contributed by atoms with Crippen LogP contribution in [0.5, 0.6) is 5.75 Å². The van der Waals surface area contributed by atoms with E-state index >= 15 is 0 Å². The van der Waals surface area contributed by atoms with Gasteiger partial charge in [0, 0.05) is 26.6 Å². The van der Waals surface area contributed by atoms with Crippen LogP contribution in [0.1, 0.15) is 18.1 Å². The minimum Gasteiger partial charge on any atom is -0.497 e. The molecule has 6 heteroatoms. The monoisotopic (exact) mass is 372 g/mol. The molecule has 0 aromatic heterocycles. The normalized spacial score (nSPS) is 10.3. The van der Waals surface area contributed by atoms with Crippen molar-refractivity contribution in [2.24, 2.45) is 0 Å². The number of nitrogens with zero attached hydrogens (tertiary/aromatic N) is 1. The van der Waals surface area contributed by atoms with E-state index in [1.165, 1.54) is 13.0 Å². The van der Waals surface area contributed by atoms with Gasteiger partial charge in [-0.25, -0.2) is 4.39 Å². The summed E-state index contributed by atoms with van der Waals surface area (Å²) in [5.74, 6) is 0.0860. The van der Waals surface area contributed by atoms with E-state index in [0.29, 0.717) is 31.6 Å². The number of amides is 2. The second-order valence-electron chi connectivity index (χ2n) is 6.22. The SMILES string of the molecule is COc1ccc(CCN(CCNC(=O)Cc2ccccc2F)C(C)=O)cc1. The van der Waals surface area contributed by atoms with Gasteiger partial charge in [0.1, 0.15) is 11.6 Å². The number of rotatable bonds is 9. The second kappa shape index (κ2) is 10.3. The van der Waals surface area contributed by atoms with E-state index in [4.69, 9.17) is 4.74 Å². The average Bonchev–Trinajstić information content (AvgIpc) is 2.66. The largest absolute Gasteiger partial charge is 0.497 e. The van der Waals surface area contributed by atoms with Crippen molar-refractivity contribution in [3.63, 3.8) is 0 Å². The highest BCUT2D eigenvalue weighted by Gasteiger charge is 2.11. The van der Waals surface area contributed by atoms with E-state index in [2.05, 4.69) is 5.32 Å². The molecule has 0 spiro atoms. The lowest BCUT2D eigenvalue weighted by Crippen LogP contribution is -2.39. The third-order valence-electron chi connectivity index (χ3n) is 4.29. The zero-order valence-electron chi connectivity index (χ0n) is 15.7. The van der Waals surface area contributed by atoms with E-state index in [-0.39, 0.29) is 18.2 Å². The Morgan fingerprint density at radius 1 is 1.07 bits per heavy atom. The van der Waals surface area contributed by atoms with Crippen molar-refractivity contribution < 1.29 is 18.7 Å². The van der Waals surface area contributed by atoms with Crippen LogP contribution in [-0.4, -0.2) is 43.5 Å². The van der Waals surface area contributed by atoms with Crippen LogP contribution in [0, 0.1) is 5.82 Å². The fraction of sp³-hybridized carbons (Fsp3) is 0.333. The molecular weight excluding hydrogens is 347 g/mol. The second-order valence-corrected chi connectivity index (χ2v) is 6.22. The van der Waals surface area contributed by atoms with E-state index in [1.807, 2.05) is 24.3 Å². The summed E-state index contributed by atoms with van der Waals surface area (Å²) in [6, 6.07) is 13.9. The van der Waals surface area contributed by atoms with Crippen molar-refractivity contribution in [3.05, 3.63) is 65.5 Å². The highest BCUT2D eigenvalue weighted by atomic mass is 19.1. The van der Waals surface area contributed by atoms with Crippen molar-refractivity contribution >= 4 is 11.8 Å². The van der Waals surface area contributed by atoms with Crippen LogP contribution >= 0.6 is 0 Å². The molecule has 0 bridgehead atoms. The van der Waals surface area contributed by atoms with Crippen LogP contribution in [0.25, 0.3) is 0 Å². The molecule has 0 unspecified atom stereocenters. The number of carbonyl (C=O) groups excluding carboxylic acids is 2. The van der Waals surface area contributed by atoms with Crippen LogP contribution in [-0.2, 0) is 22.4 Å². The highest BCUT2D eigenvalue weighted by Crippen LogP contribution is 2.12. The number of nitrogens with one attached hydrogen (secondary N) is 1. The first-order valence-electron chi connectivity index (χ1n) is 8.88. The van der Waals surface area contributed by atoms with Crippen molar-refractivity contribution in [1.82, 2.24) is 10.2 Å². The fourth-order valence-corrected chi connectivity index (χ4v) is 2.69. The van der Waals surface area contributed by atoms with Crippen LogP contribution in [0.2, 0.25) is 0 Å². The summed E-state index contributed by atoms with van der Waals surface area (Å²) in [4.78, 5) is 25.5. The zero-order chi connectivity index (χ0) is 19.6. The molecule has 2 amide bonds. The number of ether oxygens (including phenoxy) is 1. The molecule has 0 fully saturated rings. The van der Waals surface area contributed by atoms with Gasteiger partial charge in [0.25, 0.3) is 0 Å². The summed E-state index contributed by atoms with van der Waals surface area (Å²) >= 11 is 0. The molecule has 0 heterocycles. The lowest BCUT2D eigenvalue weighted by molar-refractivity contribution is -0.129. The van der Waals surface area contributed by atoms with Gasteiger partial charge in [0.15, 0.2) is 0 Å². The summed E-state index contributed by atoms with van der Waals surface area (Å²) in [5, 5.41) is 2.74. The van der Waals surface area contributed by atoms with E-state index in [1.54, 1.807) is 30.2 Å². The molecule has 5 nitrogen and oxygen atoms in total. The van der Waals surface area contributed by atoms with Crippen molar-refractivity contribution in [2.45, 2.75) is 19.8 Å². The predicted octanol–water partition coefficient (Wildman–Crippen LogP) is 2.58. The Morgan fingerprint density at radius 3 is 2.41 bits per heavy atom. The molecule has 2 aromatic carbocycles. The number of methoxy groups -OCH3 is 1. The van der Waals surface area contributed by atoms with Gasteiger partial charge in [0.05, 0.1) is 13.5 Å². The van der Waals surface area contributed by atoms with Gasteiger partial charge in [-0.05, 0) is 35.7 Å². The first-order valence-corrected chi connectivity index (χ1v) is 8.88. The Balaban J connectivity index is 1.77. The Labute approximate surface area is 159 Å². The molecule has 0 saturated heterocycles. The predicted molar refractivity (Wildman–Crippen MR) is 102 cm³/mol. The standard InChI is InChI=1S/C21H25FN2O3/c1-16(25)24(13-11-17-7-9-19(27-2)10-8-17)14-12-23-21(26)15-18-5-3-4-6-20(18)22/h3-10H,11-15H2,1-2H3,(H,23,26). The zero-order valence-corrected chi connectivity index (χ0v) is 15.7. The molecule has 0 aliphatic heterocycles. The topological polar surface area (TPSA) is 58.6 Å². The molecule has 144 valence electrons. The summed E-state index contributed by atoms with van der Waals surface area (Å²) in [6.07, 6.45) is 0.700. The number of benzene rings is 2. The molecule has 0 radical (unpaired) electrons. The maximum absolute atomic E-state index is 13.6. The lowest BCUT2D eigenvalue weighted by atomic mass is 10.1. The smallest absolute Gasteiger partial charge is 0.224 e. The van der Waals surface area contributed by atoms with Crippen LogP contribution in [0.4, 0.5) is 4.39 Å². The summed E-state index contributed by atoms with van der Waals surface area (Å²) in [7, 11) is 1.62. The van der Waals surface area contributed by atoms with Gasteiger partial charge in [-0.3, -0.25) is 9.59 Å². The summed E-state index contributed by atoms with van der Waals surface area (Å²) in [6.45, 7) is 2.81. The molecule has 1 N–H and O–H groups in total. The van der Waals surface area contributed by atoms with Gasteiger partial charge < -0.3 is 15.0 Å². The van der Waals surface area contributed by atoms with Crippen LogP contribution in [0.15, 0.2) is 48.5 Å². The van der Waals surface area contributed by atoms with E-state index in [9.17, 15) is 14.0 Å². The first-order chi connectivity index (χ1) is 13.0. The van der Waals surface area contributed by atoms with Gasteiger partial charge in [-0.1, -0.05) is 30.3 Å². The molecule has 0 aliphatic carbocycles. The third kappa shape index (κ3) is 6.73. The molecule has 0 saturated carbocycles. The molecule has 2 aromatic rings. The van der Waals surface area contributed by atoms with Crippen molar-refractivity contribution in [2.75, 3.05) is 26.7 Å². The van der Waals surface area contributed by atoms with Gasteiger partial charge in [-0.2, -0.15) is 0 Å². The Bertz CT molecular complexity index is 762. The minimum absolute atomic E-state index is 0.0153. The van der Waals surface area contributed by atoms with Crippen molar-refractivity contribution in [3.8, 4) is 5.75 Å². The first kappa shape index (κ1) is 20.4. The number of carbonyl (C=O) groups is 2. The summed E-state index contributed by atoms with van der Waals surface area (Å²) in [5.41, 5.74) is 1.46. The highest BCUT2D eigenvalue weighted by molar-refractivity contribution is 5.78. The van der Waals surface area contributed by atoms with Gasteiger partial charge in [0.2, 0.25) is 11.8 Å². The maximum atomic E-state index is 13.6. The van der Waals surface area contributed by atoms with Crippen LogP contribution in [0.3, 0.4) is 0 Å². The quantitative estimate of drug-likeness (QED) is 0.736. The number of hydrogen-bond donors (Lipinski definition) is 1.